The summed E-state index contributed by atoms with van der Waals surface area (Å²) in [6.07, 6.45) is 3.73. The van der Waals surface area contributed by atoms with Gasteiger partial charge in [0.2, 0.25) is 0 Å². The van der Waals surface area contributed by atoms with Crippen molar-refractivity contribution in [1.29, 1.82) is 0 Å². The molecule has 3 heteroatoms. The molecule has 0 aliphatic carbocycles. The molecular weight excluding hydrogens is 306 g/mol. The zero-order valence-corrected chi connectivity index (χ0v) is 13.3. The molecule has 2 aromatic heterocycles. The molecule has 0 fully saturated rings. The van der Waals surface area contributed by atoms with Crippen LogP contribution in [0.4, 0.5) is 0 Å². The van der Waals surface area contributed by atoms with Crippen molar-refractivity contribution in [2.45, 2.75) is 0 Å². The first-order chi connectivity index (χ1) is 12.4. The normalized spacial score (nSPS) is 12.0. The average Bonchev–Trinajstić information content (AvgIpc) is 3.16. The van der Waals surface area contributed by atoms with E-state index in [1.807, 2.05) is 0 Å². The number of fused-ring (bicyclic) bond motifs is 9. The Morgan fingerprint density at radius 1 is 0.640 bits per heavy atom. The Labute approximate surface area is 142 Å². The Hall–Kier alpha value is -3.46. The summed E-state index contributed by atoms with van der Waals surface area (Å²) in [5.41, 5.74) is 3.07. The molecule has 3 nitrogen and oxygen atoms in total. The van der Waals surface area contributed by atoms with Crippen LogP contribution in [0.5, 0.6) is 0 Å². The summed E-state index contributed by atoms with van der Waals surface area (Å²) < 4.78 is 0. The minimum Gasteiger partial charge on any atom is -0.361 e. The second-order valence-electron chi connectivity index (χ2n) is 6.43. The standard InChI is InChI=1S/C22H13N3/c1-2-4-18-17(3-1)21-14(11-23-18)6-5-13-7-8-16-15(20(13)21)9-10-19-22(16)25-12-24-19/h1-12,23H. The number of hydrogen-bond acceptors (Lipinski definition) is 2. The van der Waals surface area contributed by atoms with Crippen LogP contribution < -0.4 is 0 Å². The highest BCUT2D eigenvalue weighted by atomic mass is 14.9. The quantitative estimate of drug-likeness (QED) is 0.372. The van der Waals surface area contributed by atoms with Crippen LogP contribution in [-0.2, 0) is 0 Å². The Balaban J connectivity index is 1.99. The van der Waals surface area contributed by atoms with Gasteiger partial charge in [0.15, 0.2) is 0 Å². The van der Waals surface area contributed by atoms with Crippen molar-refractivity contribution in [3.05, 3.63) is 73.2 Å². The predicted octanol–water partition coefficient (Wildman–Crippen LogP) is 5.57. The molecule has 2 heterocycles. The fourth-order valence-corrected chi connectivity index (χ4v) is 4.00. The van der Waals surface area contributed by atoms with Gasteiger partial charge in [0.05, 0.1) is 11.0 Å². The number of aromatic nitrogens is 3. The third-order valence-corrected chi connectivity index (χ3v) is 5.13. The third-order valence-electron chi connectivity index (χ3n) is 5.13. The van der Waals surface area contributed by atoms with E-state index in [1.165, 1.54) is 32.3 Å². The van der Waals surface area contributed by atoms with Crippen molar-refractivity contribution >= 4 is 54.3 Å². The van der Waals surface area contributed by atoms with Gasteiger partial charge in [-0.3, -0.25) is 0 Å². The molecule has 0 saturated carbocycles. The van der Waals surface area contributed by atoms with E-state index in [0.717, 1.165) is 21.9 Å². The summed E-state index contributed by atoms with van der Waals surface area (Å²) >= 11 is 0. The molecule has 6 aromatic rings. The summed E-state index contributed by atoms with van der Waals surface area (Å²) in [6.45, 7) is 0. The van der Waals surface area contributed by atoms with Gasteiger partial charge < -0.3 is 4.98 Å². The molecule has 116 valence electrons. The monoisotopic (exact) mass is 319 g/mol. The lowest BCUT2D eigenvalue weighted by molar-refractivity contribution is 1.35. The van der Waals surface area contributed by atoms with Crippen molar-refractivity contribution < 1.29 is 0 Å². The molecule has 0 bridgehead atoms. The number of aromatic amines is 1. The van der Waals surface area contributed by atoms with Crippen LogP contribution in [-0.4, -0.2) is 15.0 Å². The number of rotatable bonds is 0. The minimum absolute atomic E-state index is 0.949. The second-order valence-corrected chi connectivity index (χ2v) is 6.43. The molecule has 0 radical (unpaired) electrons. The van der Waals surface area contributed by atoms with Crippen molar-refractivity contribution in [1.82, 2.24) is 15.0 Å². The molecule has 1 N–H and O–H groups in total. The first-order valence-corrected chi connectivity index (χ1v) is 8.35. The Kier molecular flexibility index (Phi) is 2.35. The molecule has 6 rings (SSSR count). The van der Waals surface area contributed by atoms with Gasteiger partial charge in [0, 0.05) is 27.9 Å². The van der Waals surface area contributed by atoms with E-state index < -0.39 is 0 Å². The van der Waals surface area contributed by atoms with E-state index >= 15 is 0 Å². The van der Waals surface area contributed by atoms with Crippen molar-refractivity contribution in [2.75, 3.05) is 0 Å². The van der Waals surface area contributed by atoms with E-state index in [4.69, 9.17) is 0 Å². The van der Waals surface area contributed by atoms with E-state index in [0.29, 0.717) is 0 Å². The molecule has 0 unspecified atom stereocenters. The van der Waals surface area contributed by atoms with Gasteiger partial charge in [-0.1, -0.05) is 48.5 Å². The molecular formula is C22H13N3. The van der Waals surface area contributed by atoms with Gasteiger partial charge in [-0.05, 0) is 33.7 Å². The highest BCUT2D eigenvalue weighted by Gasteiger charge is 2.11. The maximum atomic E-state index is 4.48. The van der Waals surface area contributed by atoms with Crippen LogP contribution in [0.15, 0.2) is 73.2 Å². The molecule has 0 aliphatic heterocycles. The molecule has 0 aliphatic rings. The van der Waals surface area contributed by atoms with Gasteiger partial charge in [-0.2, -0.15) is 0 Å². The number of benzene rings is 4. The summed E-state index contributed by atoms with van der Waals surface area (Å²) in [7, 11) is 0. The number of hydrogen-bond donors (Lipinski definition) is 1. The number of nitrogens with one attached hydrogen (secondary N) is 1. The predicted molar refractivity (Wildman–Crippen MR) is 104 cm³/mol. The van der Waals surface area contributed by atoms with Crippen LogP contribution in [0.3, 0.4) is 0 Å². The lowest BCUT2D eigenvalue weighted by atomic mass is 9.94. The lowest BCUT2D eigenvalue weighted by Gasteiger charge is -2.11. The fraction of sp³-hybridized carbons (Fsp3) is 0. The van der Waals surface area contributed by atoms with Gasteiger partial charge in [0.25, 0.3) is 0 Å². The number of nitrogens with zero attached hydrogens (tertiary/aromatic N) is 2. The van der Waals surface area contributed by atoms with E-state index in [9.17, 15) is 0 Å². The highest BCUT2D eigenvalue weighted by Crippen LogP contribution is 2.37. The third kappa shape index (κ3) is 1.64. The van der Waals surface area contributed by atoms with Crippen molar-refractivity contribution in [2.24, 2.45) is 0 Å². The molecule has 0 atom stereocenters. The van der Waals surface area contributed by atoms with Gasteiger partial charge >= 0.3 is 0 Å². The van der Waals surface area contributed by atoms with Gasteiger partial charge in [-0.25, -0.2) is 9.97 Å². The Morgan fingerprint density at radius 3 is 2.44 bits per heavy atom. The number of H-pyrrole nitrogens is 1. The topological polar surface area (TPSA) is 41.6 Å². The lowest BCUT2D eigenvalue weighted by Crippen LogP contribution is -1.86. The summed E-state index contributed by atoms with van der Waals surface area (Å²) in [6, 6.07) is 21.5. The van der Waals surface area contributed by atoms with Gasteiger partial charge in [-0.15, -0.1) is 0 Å². The van der Waals surface area contributed by atoms with E-state index in [-0.39, 0.29) is 0 Å². The van der Waals surface area contributed by atoms with Crippen LogP contribution in [0.25, 0.3) is 54.3 Å². The van der Waals surface area contributed by atoms with Crippen LogP contribution in [0, 0.1) is 0 Å². The Morgan fingerprint density at radius 2 is 1.44 bits per heavy atom. The maximum Gasteiger partial charge on any atom is 0.116 e. The first kappa shape index (κ1) is 12.9. The Bertz CT molecular complexity index is 1440. The minimum atomic E-state index is 0.949. The number of para-hydroxylation sites is 1. The first-order valence-electron chi connectivity index (χ1n) is 8.35. The van der Waals surface area contributed by atoms with Gasteiger partial charge in [0.1, 0.15) is 6.33 Å². The van der Waals surface area contributed by atoms with Crippen molar-refractivity contribution in [3.63, 3.8) is 0 Å². The number of pyridine rings is 1. The van der Waals surface area contributed by atoms with E-state index in [1.54, 1.807) is 6.33 Å². The maximum absolute atomic E-state index is 4.48. The van der Waals surface area contributed by atoms with Crippen LogP contribution >= 0.6 is 0 Å². The molecule has 4 aromatic carbocycles. The molecule has 0 saturated heterocycles. The molecule has 0 spiro atoms. The second kappa shape index (κ2) is 4.54. The highest BCUT2D eigenvalue weighted by molar-refractivity contribution is 6.28. The summed E-state index contributed by atoms with van der Waals surface area (Å²) in [4.78, 5) is 12.2. The molecule has 0 amide bonds. The summed E-state index contributed by atoms with van der Waals surface area (Å²) in [5.74, 6) is 0. The number of imidazole rings is 1. The van der Waals surface area contributed by atoms with E-state index in [2.05, 4.69) is 81.8 Å². The summed E-state index contributed by atoms with van der Waals surface area (Å²) in [5, 5.41) is 8.66. The zero-order chi connectivity index (χ0) is 16.4. The fourth-order valence-electron chi connectivity index (χ4n) is 4.00. The van der Waals surface area contributed by atoms with Crippen LogP contribution in [0.2, 0.25) is 0 Å². The zero-order valence-electron chi connectivity index (χ0n) is 13.3. The largest absolute Gasteiger partial charge is 0.361 e. The van der Waals surface area contributed by atoms with Crippen molar-refractivity contribution in [3.8, 4) is 0 Å². The molecule has 25 heavy (non-hydrogen) atoms. The average molecular weight is 319 g/mol. The van der Waals surface area contributed by atoms with Crippen LogP contribution in [0.1, 0.15) is 0 Å². The SMILES string of the molecule is c1ccc2c(c1)[nH]cc1ccc3ccc4c(ccc5ncnc54)c3c12. The smallest absolute Gasteiger partial charge is 0.116 e.